The van der Waals surface area contributed by atoms with Crippen LogP contribution in [-0.4, -0.2) is 11.0 Å². The van der Waals surface area contributed by atoms with Gasteiger partial charge in [0.2, 0.25) is 0 Å². The zero-order chi connectivity index (χ0) is 17.1. The molecule has 0 atom stereocenters. The van der Waals surface area contributed by atoms with Crippen molar-refractivity contribution >= 4 is 39.7 Å². The van der Waals surface area contributed by atoms with Crippen LogP contribution in [0.5, 0.6) is 0 Å². The van der Waals surface area contributed by atoms with Crippen LogP contribution in [-0.2, 0) is 0 Å². The zero-order valence-electron chi connectivity index (χ0n) is 13.6. The summed E-state index contributed by atoms with van der Waals surface area (Å²) in [6, 6.07) is 19.5. The van der Waals surface area contributed by atoms with Gasteiger partial charge in [-0.05, 0) is 54.5 Å². The minimum Gasteiger partial charge on any atom is -0.332 e. The first-order valence-electron chi connectivity index (χ1n) is 7.72. The molecule has 0 bridgehead atoms. The van der Waals surface area contributed by atoms with Gasteiger partial charge in [-0.2, -0.15) is 0 Å². The first kappa shape index (κ1) is 16.1. The maximum absolute atomic E-state index is 12.6. The molecule has 0 aliphatic rings. The van der Waals surface area contributed by atoms with Gasteiger partial charge < -0.3 is 5.32 Å². The first-order chi connectivity index (χ1) is 11.5. The van der Waals surface area contributed by atoms with E-state index in [1.807, 2.05) is 62.4 Å². The van der Waals surface area contributed by atoms with E-state index >= 15 is 0 Å². The van der Waals surface area contributed by atoms with Crippen LogP contribution in [0.2, 0.25) is 0 Å². The van der Waals surface area contributed by atoms with E-state index < -0.39 is 0 Å². The average molecular weight is 334 g/mol. The number of nitrogens with one attached hydrogen (secondary N) is 2. The number of anilines is 1. The van der Waals surface area contributed by atoms with Crippen LogP contribution in [0.3, 0.4) is 0 Å². The second-order valence-corrected chi connectivity index (χ2v) is 6.16. The molecule has 0 spiro atoms. The van der Waals surface area contributed by atoms with E-state index in [0.29, 0.717) is 10.7 Å². The van der Waals surface area contributed by atoms with Gasteiger partial charge in [0.15, 0.2) is 5.11 Å². The Hall–Kier alpha value is -2.72. The van der Waals surface area contributed by atoms with Gasteiger partial charge >= 0.3 is 0 Å². The summed E-state index contributed by atoms with van der Waals surface area (Å²) < 4.78 is 0. The Labute approximate surface area is 146 Å². The molecule has 0 heterocycles. The third-order valence-corrected chi connectivity index (χ3v) is 4.10. The molecule has 3 rings (SSSR count). The highest BCUT2D eigenvalue weighted by Crippen LogP contribution is 2.19. The van der Waals surface area contributed by atoms with E-state index in [1.54, 1.807) is 6.07 Å². The summed E-state index contributed by atoms with van der Waals surface area (Å²) in [6.45, 7) is 4.04. The molecular weight excluding hydrogens is 316 g/mol. The standard InChI is InChI=1S/C20H18N2OS/c1-13-10-11-18(14(2)12-13)21-20(24)22-19(23)17-9-5-7-15-6-3-4-8-16(15)17/h3-12H,1-2H3,(H2,21,22,23,24). The number of carbonyl (C=O) groups is 1. The molecule has 0 fully saturated rings. The van der Waals surface area contributed by atoms with Crippen LogP contribution >= 0.6 is 12.2 Å². The first-order valence-corrected chi connectivity index (χ1v) is 8.13. The monoisotopic (exact) mass is 334 g/mol. The van der Waals surface area contributed by atoms with Gasteiger partial charge in [0, 0.05) is 11.3 Å². The Morgan fingerprint density at radius 2 is 1.71 bits per heavy atom. The summed E-state index contributed by atoms with van der Waals surface area (Å²) in [5, 5.41) is 8.07. The Balaban J connectivity index is 1.77. The largest absolute Gasteiger partial charge is 0.332 e. The Morgan fingerprint density at radius 1 is 0.958 bits per heavy atom. The van der Waals surface area contributed by atoms with Crippen molar-refractivity contribution in [2.75, 3.05) is 5.32 Å². The van der Waals surface area contributed by atoms with E-state index in [1.165, 1.54) is 5.56 Å². The van der Waals surface area contributed by atoms with E-state index in [9.17, 15) is 4.79 Å². The predicted molar refractivity (Wildman–Crippen MR) is 104 cm³/mol. The third-order valence-electron chi connectivity index (χ3n) is 3.89. The molecular formula is C20H18N2OS. The smallest absolute Gasteiger partial charge is 0.258 e. The molecule has 3 aromatic rings. The molecule has 0 unspecified atom stereocenters. The molecule has 3 aromatic carbocycles. The number of rotatable bonds is 2. The van der Waals surface area contributed by atoms with Crippen molar-refractivity contribution in [2.24, 2.45) is 0 Å². The zero-order valence-corrected chi connectivity index (χ0v) is 14.4. The highest BCUT2D eigenvalue weighted by atomic mass is 32.1. The van der Waals surface area contributed by atoms with Crippen LogP contribution in [0.25, 0.3) is 10.8 Å². The van der Waals surface area contributed by atoms with Crippen molar-refractivity contribution in [2.45, 2.75) is 13.8 Å². The lowest BCUT2D eigenvalue weighted by molar-refractivity contribution is 0.0979. The van der Waals surface area contributed by atoms with Crippen molar-refractivity contribution < 1.29 is 4.79 Å². The molecule has 1 amide bonds. The maximum atomic E-state index is 12.6. The number of aryl methyl sites for hydroxylation is 2. The normalized spacial score (nSPS) is 10.4. The molecule has 0 saturated heterocycles. The number of hydrogen-bond donors (Lipinski definition) is 2. The fourth-order valence-electron chi connectivity index (χ4n) is 2.70. The lowest BCUT2D eigenvalue weighted by Crippen LogP contribution is -2.34. The minimum atomic E-state index is -0.214. The molecule has 2 N–H and O–H groups in total. The van der Waals surface area contributed by atoms with Crippen LogP contribution in [0.1, 0.15) is 21.5 Å². The van der Waals surface area contributed by atoms with Crippen molar-refractivity contribution in [3.63, 3.8) is 0 Å². The summed E-state index contributed by atoms with van der Waals surface area (Å²) in [6.07, 6.45) is 0. The van der Waals surface area contributed by atoms with Crippen LogP contribution in [0.15, 0.2) is 60.7 Å². The van der Waals surface area contributed by atoms with Crippen molar-refractivity contribution in [1.82, 2.24) is 5.32 Å². The second-order valence-electron chi connectivity index (χ2n) is 5.75. The van der Waals surface area contributed by atoms with Crippen molar-refractivity contribution in [3.05, 3.63) is 77.4 Å². The third kappa shape index (κ3) is 3.44. The fraction of sp³-hybridized carbons (Fsp3) is 0.100. The summed E-state index contributed by atoms with van der Waals surface area (Å²) in [5.41, 5.74) is 3.77. The van der Waals surface area contributed by atoms with Crippen molar-refractivity contribution in [3.8, 4) is 0 Å². The van der Waals surface area contributed by atoms with Crippen molar-refractivity contribution in [1.29, 1.82) is 0 Å². The minimum absolute atomic E-state index is 0.214. The molecule has 0 aromatic heterocycles. The number of benzene rings is 3. The highest BCUT2D eigenvalue weighted by Gasteiger charge is 2.11. The second kappa shape index (κ2) is 6.81. The van der Waals surface area contributed by atoms with Gasteiger partial charge in [-0.1, -0.05) is 54.1 Å². The number of thiocarbonyl (C=S) groups is 1. The number of fused-ring (bicyclic) bond motifs is 1. The summed E-state index contributed by atoms with van der Waals surface area (Å²) in [5.74, 6) is -0.214. The van der Waals surface area contributed by atoms with E-state index in [2.05, 4.69) is 16.7 Å². The highest BCUT2D eigenvalue weighted by molar-refractivity contribution is 7.80. The van der Waals surface area contributed by atoms with Gasteiger partial charge in [-0.15, -0.1) is 0 Å². The average Bonchev–Trinajstić information content (AvgIpc) is 2.57. The number of carbonyl (C=O) groups excluding carboxylic acids is 1. The molecule has 0 aliphatic heterocycles. The molecule has 24 heavy (non-hydrogen) atoms. The van der Waals surface area contributed by atoms with Crippen LogP contribution in [0.4, 0.5) is 5.69 Å². The number of amides is 1. The molecule has 4 heteroatoms. The van der Waals surface area contributed by atoms with Crippen LogP contribution in [0, 0.1) is 13.8 Å². The number of hydrogen-bond acceptors (Lipinski definition) is 2. The van der Waals surface area contributed by atoms with Gasteiger partial charge in [0.25, 0.3) is 5.91 Å². The Morgan fingerprint density at radius 3 is 2.50 bits per heavy atom. The maximum Gasteiger partial charge on any atom is 0.258 e. The van der Waals surface area contributed by atoms with E-state index in [0.717, 1.165) is 22.0 Å². The van der Waals surface area contributed by atoms with Gasteiger partial charge in [0.1, 0.15) is 0 Å². The summed E-state index contributed by atoms with van der Waals surface area (Å²) >= 11 is 5.28. The molecule has 3 nitrogen and oxygen atoms in total. The predicted octanol–water partition coefficient (Wildman–Crippen LogP) is 4.58. The van der Waals surface area contributed by atoms with E-state index in [-0.39, 0.29) is 5.91 Å². The van der Waals surface area contributed by atoms with Gasteiger partial charge in [0.05, 0.1) is 0 Å². The van der Waals surface area contributed by atoms with Gasteiger partial charge in [-0.3, -0.25) is 10.1 Å². The van der Waals surface area contributed by atoms with Gasteiger partial charge in [-0.25, -0.2) is 0 Å². The summed E-state index contributed by atoms with van der Waals surface area (Å²) in [7, 11) is 0. The van der Waals surface area contributed by atoms with Crippen LogP contribution < -0.4 is 10.6 Å². The molecule has 0 saturated carbocycles. The Kier molecular flexibility index (Phi) is 4.58. The lowest BCUT2D eigenvalue weighted by atomic mass is 10.0. The molecule has 0 aliphatic carbocycles. The summed E-state index contributed by atoms with van der Waals surface area (Å²) in [4.78, 5) is 12.6. The fourth-order valence-corrected chi connectivity index (χ4v) is 2.90. The van der Waals surface area contributed by atoms with E-state index in [4.69, 9.17) is 12.2 Å². The molecule has 120 valence electrons. The Bertz CT molecular complexity index is 929. The quantitative estimate of drug-likeness (QED) is 0.674. The lowest BCUT2D eigenvalue weighted by Gasteiger charge is -2.13. The topological polar surface area (TPSA) is 41.1 Å². The molecule has 0 radical (unpaired) electrons. The SMILES string of the molecule is Cc1ccc(NC(=S)NC(=O)c2cccc3ccccc23)c(C)c1.